The lowest BCUT2D eigenvalue weighted by Crippen LogP contribution is -2.37. The molecule has 1 aliphatic heterocycles. The Morgan fingerprint density at radius 2 is 2.10 bits per heavy atom. The average Bonchev–Trinajstić information content (AvgIpc) is 3.29. The number of carbonyl (C=O) groups excluding carboxylic acids is 1. The van der Waals surface area contributed by atoms with Gasteiger partial charge in [-0.2, -0.15) is 0 Å². The lowest BCUT2D eigenvalue weighted by atomic mass is 10.1. The summed E-state index contributed by atoms with van der Waals surface area (Å²) in [6, 6.07) is 11.1. The van der Waals surface area contributed by atoms with Crippen LogP contribution >= 0.6 is 11.6 Å². The van der Waals surface area contributed by atoms with Gasteiger partial charge < -0.3 is 15.6 Å². The highest BCUT2D eigenvalue weighted by atomic mass is 35.5. The van der Waals surface area contributed by atoms with Crippen LogP contribution in [0.15, 0.2) is 42.7 Å². The summed E-state index contributed by atoms with van der Waals surface area (Å²) in [4.78, 5) is 30.8. The molecule has 4 N–H and O–H groups in total. The van der Waals surface area contributed by atoms with E-state index in [1.54, 1.807) is 0 Å². The number of benzene rings is 2. The summed E-state index contributed by atoms with van der Waals surface area (Å²) in [5.41, 5.74) is 9.43. The second-order valence-corrected chi connectivity index (χ2v) is 7.87. The smallest absolute Gasteiger partial charge is 0.240 e. The number of nitrogens with two attached hydrogens (primary N) is 1. The predicted molar refractivity (Wildman–Crippen MR) is 116 cm³/mol. The number of H-pyrrole nitrogens is 1. The summed E-state index contributed by atoms with van der Waals surface area (Å²) >= 11 is 6.02. The molecule has 0 bridgehead atoms. The monoisotopic (exact) mass is 421 g/mol. The second-order valence-electron chi connectivity index (χ2n) is 7.44. The Kier molecular flexibility index (Phi) is 4.72. The summed E-state index contributed by atoms with van der Waals surface area (Å²) in [6.07, 6.45) is 2.21. The van der Waals surface area contributed by atoms with E-state index in [2.05, 4.69) is 25.3 Å². The van der Waals surface area contributed by atoms with E-state index < -0.39 is 0 Å². The van der Waals surface area contributed by atoms with Crippen LogP contribution in [0.4, 0.5) is 5.82 Å². The first kappa shape index (κ1) is 18.8. The fourth-order valence-corrected chi connectivity index (χ4v) is 4.04. The third-order valence-corrected chi connectivity index (χ3v) is 5.65. The number of fused-ring (bicyclic) bond motifs is 2. The molecule has 0 unspecified atom stereocenters. The molecule has 152 valence electrons. The average molecular weight is 422 g/mol. The molecule has 1 amide bonds. The number of carbonyl (C=O) groups is 1. The number of aromatic nitrogens is 4. The maximum absolute atomic E-state index is 12.8. The Balaban J connectivity index is 1.23. The highest BCUT2D eigenvalue weighted by Crippen LogP contribution is 2.21. The first-order chi connectivity index (χ1) is 14.6. The number of hydrogen-bond donors (Lipinski definition) is 3. The van der Waals surface area contributed by atoms with Crippen molar-refractivity contribution in [2.24, 2.45) is 0 Å². The van der Waals surface area contributed by atoms with Crippen molar-refractivity contribution in [2.45, 2.75) is 25.6 Å². The Bertz CT molecular complexity index is 1250. The van der Waals surface area contributed by atoms with E-state index in [1.165, 1.54) is 6.33 Å². The minimum Gasteiger partial charge on any atom is -0.383 e. The molecular formula is C21H20ClN7O. The Hall–Kier alpha value is -3.23. The number of nitrogens with one attached hydrogen (secondary N) is 2. The van der Waals surface area contributed by atoms with E-state index in [1.807, 2.05) is 41.3 Å². The summed E-state index contributed by atoms with van der Waals surface area (Å²) in [7, 11) is 0. The van der Waals surface area contributed by atoms with Gasteiger partial charge in [-0.3, -0.25) is 10.1 Å². The number of nitrogens with zero attached hydrogens (tertiary/aromatic N) is 4. The molecule has 9 heteroatoms. The molecule has 4 aromatic rings. The molecule has 3 heterocycles. The highest BCUT2D eigenvalue weighted by molar-refractivity contribution is 6.31. The SMILES string of the molecule is Nc1ncnc2cc(CN3CC[C@H](NCc4nc5ccc(Cl)cc5[nH]4)C3=O)ccc12. The largest absolute Gasteiger partial charge is 0.383 e. The number of rotatable bonds is 5. The molecule has 0 radical (unpaired) electrons. The molecular weight excluding hydrogens is 402 g/mol. The third kappa shape index (κ3) is 3.55. The van der Waals surface area contributed by atoms with Crippen molar-refractivity contribution in [1.29, 1.82) is 0 Å². The Labute approximate surface area is 177 Å². The van der Waals surface area contributed by atoms with Gasteiger partial charge in [0.15, 0.2) is 0 Å². The quantitative estimate of drug-likeness (QED) is 0.456. The molecule has 2 aromatic carbocycles. The van der Waals surface area contributed by atoms with Gasteiger partial charge in [-0.05, 0) is 42.3 Å². The van der Waals surface area contributed by atoms with Crippen molar-refractivity contribution < 1.29 is 4.79 Å². The van der Waals surface area contributed by atoms with Gasteiger partial charge in [0, 0.05) is 23.5 Å². The molecule has 8 nitrogen and oxygen atoms in total. The van der Waals surface area contributed by atoms with Crippen LogP contribution in [0.1, 0.15) is 17.8 Å². The van der Waals surface area contributed by atoms with Gasteiger partial charge in [-0.15, -0.1) is 0 Å². The van der Waals surface area contributed by atoms with Crippen LogP contribution < -0.4 is 11.1 Å². The molecule has 0 spiro atoms. The fraction of sp³-hybridized carbons (Fsp3) is 0.238. The Morgan fingerprint density at radius 1 is 1.20 bits per heavy atom. The van der Waals surface area contributed by atoms with Crippen LogP contribution in [-0.2, 0) is 17.9 Å². The van der Waals surface area contributed by atoms with Gasteiger partial charge in [-0.25, -0.2) is 15.0 Å². The van der Waals surface area contributed by atoms with Crippen LogP contribution in [0, 0.1) is 0 Å². The number of aromatic amines is 1. The maximum Gasteiger partial charge on any atom is 0.240 e. The number of imidazole rings is 1. The molecule has 5 rings (SSSR count). The molecule has 2 aromatic heterocycles. The number of hydrogen-bond acceptors (Lipinski definition) is 6. The van der Waals surface area contributed by atoms with Crippen LogP contribution in [0.5, 0.6) is 0 Å². The zero-order valence-corrected chi connectivity index (χ0v) is 16.9. The van der Waals surface area contributed by atoms with Crippen LogP contribution in [0.2, 0.25) is 5.02 Å². The first-order valence-electron chi connectivity index (χ1n) is 9.72. The normalized spacial score (nSPS) is 16.8. The van der Waals surface area contributed by atoms with Gasteiger partial charge in [0.25, 0.3) is 0 Å². The zero-order chi connectivity index (χ0) is 20.7. The molecule has 0 aliphatic carbocycles. The number of likely N-dealkylation sites (tertiary alicyclic amines) is 1. The maximum atomic E-state index is 12.8. The summed E-state index contributed by atoms with van der Waals surface area (Å²) in [5, 5.41) is 4.80. The van der Waals surface area contributed by atoms with Crippen molar-refractivity contribution >= 4 is 45.3 Å². The molecule has 1 atom stereocenters. The topological polar surface area (TPSA) is 113 Å². The molecule has 0 saturated carbocycles. The zero-order valence-electron chi connectivity index (χ0n) is 16.1. The van der Waals surface area contributed by atoms with Gasteiger partial charge in [0.2, 0.25) is 5.91 Å². The number of nitrogen functional groups attached to an aromatic ring is 1. The number of halogens is 1. The van der Waals surface area contributed by atoms with Crippen molar-refractivity contribution in [2.75, 3.05) is 12.3 Å². The summed E-state index contributed by atoms with van der Waals surface area (Å²) in [6.45, 7) is 1.74. The highest BCUT2D eigenvalue weighted by Gasteiger charge is 2.31. The summed E-state index contributed by atoms with van der Waals surface area (Å²) in [5.74, 6) is 1.34. The van der Waals surface area contributed by atoms with Gasteiger partial charge in [0.1, 0.15) is 18.0 Å². The van der Waals surface area contributed by atoms with Crippen LogP contribution in [0.25, 0.3) is 21.9 Å². The molecule has 1 aliphatic rings. The van der Waals surface area contributed by atoms with E-state index in [-0.39, 0.29) is 11.9 Å². The van der Waals surface area contributed by atoms with Gasteiger partial charge in [-0.1, -0.05) is 17.7 Å². The van der Waals surface area contributed by atoms with E-state index in [0.29, 0.717) is 30.5 Å². The molecule has 1 saturated heterocycles. The Morgan fingerprint density at radius 3 is 3.00 bits per heavy atom. The number of amides is 1. The van der Waals surface area contributed by atoms with Crippen molar-refractivity contribution in [3.05, 3.63) is 59.1 Å². The van der Waals surface area contributed by atoms with Gasteiger partial charge in [0.05, 0.1) is 29.1 Å². The molecule has 30 heavy (non-hydrogen) atoms. The van der Waals surface area contributed by atoms with E-state index >= 15 is 0 Å². The van der Waals surface area contributed by atoms with Crippen LogP contribution in [0.3, 0.4) is 0 Å². The van der Waals surface area contributed by atoms with E-state index in [9.17, 15) is 4.79 Å². The standard InChI is InChI=1S/C21H20ClN7O/c22-13-2-4-15-18(8-13)28-19(27-15)9-24-16-5-6-29(21(16)30)10-12-1-3-14-17(7-12)25-11-26-20(14)23/h1-4,7-8,11,16,24H,5-6,9-10H2,(H,27,28)(H2,23,25,26)/t16-/m0/s1. The van der Waals surface area contributed by atoms with Gasteiger partial charge >= 0.3 is 0 Å². The number of anilines is 1. The minimum absolute atomic E-state index is 0.0939. The lowest BCUT2D eigenvalue weighted by Gasteiger charge is -2.17. The third-order valence-electron chi connectivity index (χ3n) is 5.41. The lowest BCUT2D eigenvalue weighted by molar-refractivity contribution is -0.129. The van der Waals surface area contributed by atoms with Crippen molar-refractivity contribution in [1.82, 2.24) is 30.2 Å². The van der Waals surface area contributed by atoms with Crippen LogP contribution in [-0.4, -0.2) is 43.3 Å². The molecule has 1 fully saturated rings. The van der Waals surface area contributed by atoms with E-state index in [4.69, 9.17) is 17.3 Å². The summed E-state index contributed by atoms with van der Waals surface area (Å²) < 4.78 is 0. The van der Waals surface area contributed by atoms with E-state index in [0.717, 1.165) is 39.7 Å². The van der Waals surface area contributed by atoms with Crippen molar-refractivity contribution in [3.8, 4) is 0 Å². The second kappa shape index (κ2) is 7.55. The predicted octanol–water partition coefficient (Wildman–Crippen LogP) is 2.63. The fourth-order valence-electron chi connectivity index (χ4n) is 3.87. The first-order valence-corrected chi connectivity index (χ1v) is 10.1. The minimum atomic E-state index is -0.222. The van der Waals surface area contributed by atoms with Crippen molar-refractivity contribution in [3.63, 3.8) is 0 Å².